The van der Waals surface area contributed by atoms with Gasteiger partial charge in [0.25, 0.3) is 0 Å². The molecule has 0 bridgehead atoms. The molecule has 2 nitrogen and oxygen atoms in total. The number of likely N-dealkylation sites (N-methyl/N-ethyl adjacent to an activating group) is 1. The van der Waals surface area contributed by atoms with E-state index < -0.39 is 0 Å². The Morgan fingerprint density at radius 2 is 2.12 bits per heavy atom. The molecule has 5 unspecified atom stereocenters. The van der Waals surface area contributed by atoms with E-state index in [-0.39, 0.29) is 0 Å². The van der Waals surface area contributed by atoms with Gasteiger partial charge < -0.3 is 10.1 Å². The third kappa shape index (κ3) is 2.72. The largest absolute Gasteiger partial charge is 0.375 e. The zero-order valence-corrected chi connectivity index (χ0v) is 12.0. The number of hydrogen-bond donors (Lipinski definition) is 1. The van der Waals surface area contributed by atoms with Gasteiger partial charge >= 0.3 is 0 Å². The molecule has 5 atom stereocenters. The van der Waals surface area contributed by atoms with Crippen LogP contribution in [-0.4, -0.2) is 25.3 Å². The van der Waals surface area contributed by atoms with Gasteiger partial charge in [0.15, 0.2) is 0 Å². The molecule has 3 heteroatoms. The Morgan fingerprint density at radius 3 is 2.59 bits per heavy atom. The zero-order valence-electron chi connectivity index (χ0n) is 11.1. The monoisotopic (exact) mass is 253 g/mol. The fourth-order valence-electron chi connectivity index (χ4n) is 3.08. The van der Waals surface area contributed by atoms with E-state index in [0.29, 0.717) is 30.1 Å². The van der Waals surface area contributed by atoms with Gasteiger partial charge in [0.2, 0.25) is 0 Å². The van der Waals surface area contributed by atoms with Gasteiger partial charge in [-0.2, -0.15) is 11.3 Å². The van der Waals surface area contributed by atoms with Crippen LogP contribution in [0.1, 0.15) is 26.3 Å². The van der Waals surface area contributed by atoms with Crippen molar-refractivity contribution in [3.05, 3.63) is 22.4 Å². The van der Waals surface area contributed by atoms with Crippen LogP contribution in [-0.2, 0) is 11.2 Å². The van der Waals surface area contributed by atoms with Crippen molar-refractivity contribution in [2.45, 2.75) is 45.4 Å². The van der Waals surface area contributed by atoms with Gasteiger partial charge in [0.05, 0.1) is 12.2 Å². The third-order valence-electron chi connectivity index (χ3n) is 4.19. The van der Waals surface area contributed by atoms with Crippen molar-refractivity contribution in [2.75, 3.05) is 7.05 Å². The molecule has 96 valence electrons. The Labute approximate surface area is 108 Å². The summed E-state index contributed by atoms with van der Waals surface area (Å²) in [7, 11) is 2.07. The molecule has 0 aromatic carbocycles. The molecule has 0 spiro atoms. The van der Waals surface area contributed by atoms with Crippen LogP contribution in [0.5, 0.6) is 0 Å². The van der Waals surface area contributed by atoms with Crippen LogP contribution in [0.3, 0.4) is 0 Å². The Kier molecular flexibility index (Phi) is 4.23. The summed E-state index contributed by atoms with van der Waals surface area (Å²) in [6.07, 6.45) is 1.85. The summed E-state index contributed by atoms with van der Waals surface area (Å²) in [5.41, 5.74) is 1.44. The molecule has 2 heterocycles. The molecular formula is C14H23NOS. The quantitative estimate of drug-likeness (QED) is 0.891. The van der Waals surface area contributed by atoms with Crippen LogP contribution in [0.15, 0.2) is 16.8 Å². The number of nitrogens with one attached hydrogen (secondary N) is 1. The van der Waals surface area contributed by atoms with E-state index in [1.54, 1.807) is 11.3 Å². The second-order valence-corrected chi connectivity index (χ2v) is 5.99. The molecule has 0 saturated carbocycles. The molecule has 1 saturated heterocycles. The topological polar surface area (TPSA) is 21.3 Å². The minimum atomic E-state index is 0.357. The average molecular weight is 253 g/mol. The molecular weight excluding hydrogens is 230 g/mol. The Balaban J connectivity index is 2.07. The highest BCUT2D eigenvalue weighted by molar-refractivity contribution is 7.07. The SMILES string of the molecule is CNC(Cc1ccsc1)C1C(C)OC(C)C1C. The predicted octanol–water partition coefficient (Wildman–Crippen LogP) is 2.94. The van der Waals surface area contributed by atoms with Crippen LogP contribution < -0.4 is 5.32 Å². The van der Waals surface area contributed by atoms with Crippen LogP contribution in [0.25, 0.3) is 0 Å². The summed E-state index contributed by atoms with van der Waals surface area (Å²) in [6, 6.07) is 2.74. The number of thiophene rings is 1. The molecule has 1 aromatic rings. The Bertz CT molecular complexity index is 338. The van der Waals surface area contributed by atoms with Crippen molar-refractivity contribution in [2.24, 2.45) is 11.8 Å². The summed E-state index contributed by atoms with van der Waals surface area (Å²) in [4.78, 5) is 0. The van der Waals surface area contributed by atoms with Crippen molar-refractivity contribution in [3.63, 3.8) is 0 Å². The molecule has 17 heavy (non-hydrogen) atoms. The summed E-state index contributed by atoms with van der Waals surface area (Å²) < 4.78 is 5.95. The smallest absolute Gasteiger partial charge is 0.0597 e. The molecule has 1 aliphatic heterocycles. The van der Waals surface area contributed by atoms with Crippen molar-refractivity contribution in [1.82, 2.24) is 5.32 Å². The maximum Gasteiger partial charge on any atom is 0.0597 e. The Hall–Kier alpha value is -0.380. The number of rotatable bonds is 4. The fourth-order valence-corrected chi connectivity index (χ4v) is 3.76. The predicted molar refractivity (Wildman–Crippen MR) is 73.5 cm³/mol. The minimum Gasteiger partial charge on any atom is -0.375 e. The first-order valence-corrected chi connectivity index (χ1v) is 7.41. The first-order valence-electron chi connectivity index (χ1n) is 6.47. The maximum atomic E-state index is 5.95. The minimum absolute atomic E-state index is 0.357. The van der Waals surface area contributed by atoms with Gasteiger partial charge in [-0.3, -0.25) is 0 Å². The summed E-state index contributed by atoms with van der Waals surface area (Å²) >= 11 is 1.78. The highest BCUT2D eigenvalue weighted by atomic mass is 32.1. The normalized spacial score (nSPS) is 35.1. The Morgan fingerprint density at radius 1 is 1.35 bits per heavy atom. The molecule has 1 aliphatic rings. The van der Waals surface area contributed by atoms with Crippen molar-refractivity contribution < 1.29 is 4.74 Å². The first-order chi connectivity index (χ1) is 8.13. The van der Waals surface area contributed by atoms with Gasteiger partial charge in [0, 0.05) is 12.0 Å². The van der Waals surface area contributed by atoms with Crippen molar-refractivity contribution >= 4 is 11.3 Å². The number of hydrogen-bond acceptors (Lipinski definition) is 3. The molecule has 2 rings (SSSR count). The van der Waals surface area contributed by atoms with Crippen molar-refractivity contribution in [3.8, 4) is 0 Å². The van der Waals surface area contributed by atoms with E-state index in [2.05, 4.69) is 50.0 Å². The molecule has 0 amide bonds. The van der Waals surface area contributed by atoms with Crippen LogP contribution in [0.4, 0.5) is 0 Å². The third-order valence-corrected chi connectivity index (χ3v) is 4.92. The van der Waals surface area contributed by atoms with Crippen LogP contribution in [0.2, 0.25) is 0 Å². The number of ether oxygens (including phenoxy) is 1. The second kappa shape index (κ2) is 5.51. The van der Waals surface area contributed by atoms with E-state index >= 15 is 0 Å². The van der Waals surface area contributed by atoms with Gasteiger partial charge in [-0.25, -0.2) is 0 Å². The molecule has 1 aromatic heterocycles. The van der Waals surface area contributed by atoms with E-state index in [9.17, 15) is 0 Å². The zero-order chi connectivity index (χ0) is 12.4. The lowest BCUT2D eigenvalue weighted by molar-refractivity contribution is 0.0479. The van der Waals surface area contributed by atoms with Crippen molar-refractivity contribution in [1.29, 1.82) is 0 Å². The highest BCUT2D eigenvalue weighted by Crippen LogP contribution is 2.35. The van der Waals surface area contributed by atoms with E-state index in [1.807, 2.05) is 0 Å². The van der Waals surface area contributed by atoms with Crippen LogP contribution >= 0.6 is 11.3 Å². The summed E-state index contributed by atoms with van der Waals surface area (Å²) in [5.74, 6) is 1.23. The van der Waals surface area contributed by atoms with Gasteiger partial charge in [0.1, 0.15) is 0 Å². The maximum absolute atomic E-state index is 5.95. The summed E-state index contributed by atoms with van der Waals surface area (Å²) in [6.45, 7) is 6.72. The lowest BCUT2D eigenvalue weighted by Crippen LogP contribution is -2.41. The van der Waals surface area contributed by atoms with E-state index in [4.69, 9.17) is 4.74 Å². The first kappa shape index (κ1) is 13.1. The van der Waals surface area contributed by atoms with Gasteiger partial charge in [-0.1, -0.05) is 6.92 Å². The van der Waals surface area contributed by atoms with Gasteiger partial charge in [-0.15, -0.1) is 0 Å². The lowest BCUT2D eigenvalue weighted by Gasteiger charge is -2.28. The molecule has 0 radical (unpaired) electrons. The lowest BCUT2D eigenvalue weighted by atomic mass is 9.81. The highest BCUT2D eigenvalue weighted by Gasteiger charge is 2.40. The molecule has 1 N–H and O–H groups in total. The molecule has 0 aliphatic carbocycles. The van der Waals surface area contributed by atoms with Gasteiger partial charge in [-0.05, 0) is 55.6 Å². The van der Waals surface area contributed by atoms with E-state index in [1.165, 1.54) is 5.56 Å². The fraction of sp³-hybridized carbons (Fsp3) is 0.714. The van der Waals surface area contributed by atoms with E-state index in [0.717, 1.165) is 6.42 Å². The summed E-state index contributed by atoms with van der Waals surface area (Å²) in [5, 5.41) is 7.89. The standard InChI is InChI=1S/C14H23NOS/c1-9-10(2)16-11(3)14(9)13(15-4)7-12-5-6-17-8-12/h5-6,8-11,13-15H,7H2,1-4H3. The second-order valence-electron chi connectivity index (χ2n) is 5.21. The molecule has 1 fully saturated rings. The average Bonchev–Trinajstić information content (AvgIpc) is 2.87. The van der Waals surface area contributed by atoms with Crippen LogP contribution in [0, 0.1) is 11.8 Å².